The zero-order valence-corrected chi connectivity index (χ0v) is 19.8. The average molecular weight is 479 g/mol. The van der Waals surface area contributed by atoms with Gasteiger partial charge in [-0.2, -0.15) is 0 Å². The maximum absolute atomic E-state index is 13.5. The number of carbonyl (C=O) groups is 2. The molecule has 4 rings (SSSR count). The second-order valence-electron chi connectivity index (χ2n) is 7.51. The smallest absolute Gasteiger partial charge is 0.338 e. The summed E-state index contributed by atoms with van der Waals surface area (Å²) in [4.78, 5) is 42.5. The molecule has 174 valence electrons. The highest BCUT2D eigenvalue weighted by Gasteiger charge is 2.33. The van der Waals surface area contributed by atoms with Crippen LogP contribution in [0.3, 0.4) is 0 Å². The summed E-state index contributed by atoms with van der Waals surface area (Å²) >= 11 is 1.22. The van der Waals surface area contributed by atoms with Gasteiger partial charge in [-0.05, 0) is 48.4 Å². The number of thiazole rings is 1. The van der Waals surface area contributed by atoms with Crippen molar-refractivity contribution in [2.75, 3.05) is 14.2 Å². The van der Waals surface area contributed by atoms with Gasteiger partial charge < -0.3 is 14.2 Å². The van der Waals surface area contributed by atoms with Crippen LogP contribution in [0.2, 0.25) is 0 Å². The lowest BCUT2D eigenvalue weighted by molar-refractivity contribution is -0.136. The first-order valence-corrected chi connectivity index (χ1v) is 11.2. The SMILES string of the molecule is COC(=O)C1=C(C)N=c2s/c(=C\c3cccc(OC(C)=O)c3)c(=O)n2[C@H]1c1ccc(OC)cc1. The van der Waals surface area contributed by atoms with Gasteiger partial charge in [0.05, 0.1) is 36.1 Å². The molecule has 34 heavy (non-hydrogen) atoms. The molecular formula is C25H22N2O6S. The Morgan fingerprint density at radius 3 is 2.47 bits per heavy atom. The number of methoxy groups -OCH3 is 2. The van der Waals surface area contributed by atoms with Crippen molar-refractivity contribution in [1.82, 2.24) is 4.57 Å². The Morgan fingerprint density at radius 2 is 1.82 bits per heavy atom. The molecule has 0 amide bonds. The molecule has 0 bridgehead atoms. The minimum absolute atomic E-state index is 0.295. The number of esters is 2. The average Bonchev–Trinajstić information content (AvgIpc) is 3.12. The Balaban J connectivity index is 1.90. The van der Waals surface area contributed by atoms with Crippen molar-refractivity contribution in [3.05, 3.63) is 90.6 Å². The Kier molecular flexibility index (Phi) is 6.47. The third kappa shape index (κ3) is 4.42. The Bertz CT molecular complexity index is 1480. The Labute approximate surface area is 199 Å². The maximum atomic E-state index is 13.5. The molecule has 0 unspecified atom stereocenters. The van der Waals surface area contributed by atoms with Crippen LogP contribution in [0.4, 0.5) is 0 Å². The van der Waals surface area contributed by atoms with Gasteiger partial charge in [-0.3, -0.25) is 14.2 Å². The first kappa shape index (κ1) is 23.2. The van der Waals surface area contributed by atoms with E-state index < -0.39 is 18.0 Å². The van der Waals surface area contributed by atoms with E-state index in [2.05, 4.69) is 4.99 Å². The molecule has 0 spiro atoms. The summed E-state index contributed by atoms with van der Waals surface area (Å²) in [5, 5.41) is 0. The predicted octanol–water partition coefficient (Wildman–Crippen LogP) is 2.34. The van der Waals surface area contributed by atoms with Gasteiger partial charge in [0.2, 0.25) is 0 Å². The largest absolute Gasteiger partial charge is 0.497 e. The minimum Gasteiger partial charge on any atom is -0.497 e. The molecule has 0 saturated carbocycles. The van der Waals surface area contributed by atoms with Gasteiger partial charge in [-0.15, -0.1) is 0 Å². The first-order chi connectivity index (χ1) is 16.3. The van der Waals surface area contributed by atoms with Gasteiger partial charge in [-0.1, -0.05) is 35.6 Å². The van der Waals surface area contributed by atoms with E-state index in [-0.39, 0.29) is 5.56 Å². The lowest BCUT2D eigenvalue weighted by Gasteiger charge is -2.24. The molecule has 1 aliphatic rings. The van der Waals surface area contributed by atoms with Crippen molar-refractivity contribution >= 4 is 29.4 Å². The summed E-state index contributed by atoms with van der Waals surface area (Å²) < 4.78 is 17.3. The van der Waals surface area contributed by atoms with Gasteiger partial charge >= 0.3 is 11.9 Å². The van der Waals surface area contributed by atoms with Gasteiger partial charge in [0.25, 0.3) is 5.56 Å². The third-order valence-electron chi connectivity index (χ3n) is 5.28. The van der Waals surface area contributed by atoms with E-state index >= 15 is 0 Å². The molecule has 2 heterocycles. The molecule has 9 heteroatoms. The number of rotatable bonds is 5. The fourth-order valence-corrected chi connectivity index (χ4v) is 4.83. The molecule has 0 fully saturated rings. The fourth-order valence-electron chi connectivity index (χ4n) is 3.78. The van der Waals surface area contributed by atoms with Crippen LogP contribution in [-0.2, 0) is 14.3 Å². The van der Waals surface area contributed by atoms with Crippen LogP contribution in [0, 0.1) is 0 Å². The monoisotopic (exact) mass is 478 g/mol. The van der Waals surface area contributed by atoms with Crippen LogP contribution in [0.25, 0.3) is 6.08 Å². The summed E-state index contributed by atoms with van der Waals surface area (Å²) in [6, 6.07) is 13.3. The second-order valence-corrected chi connectivity index (χ2v) is 8.52. The maximum Gasteiger partial charge on any atom is 0.338 e. The number of nitrogens with zero attached hydrogens (tertiary/aromatic N) is 2. The zero-order valence-electron chi connectivity index (χ0n) is 19.0. The van der Waals surface area contributed by atoms with E-state index in [1.807, 2.05) is 12.1 Å². The van der Waals surface area contributed by atoms with E-state index in [1.165, 1.54) is 29.9 Å². The molecule has 0 N–H and O–H groups in total. The van der Waals surface area contributed by atoms with Crippen LogP contribution in [0.5, 0.6) is 11.5 Å². The fraction of sp³-hybridized carbons (Fsp3) is 0.200. The van der Waals surface area contributed by atoms with Crippen LogP contribution < -0.4 is 24.4 Å². The highest BCUT2D eigenvalue weighted by atomic mass is 32.1. The summed E-state index contributed by atoms with van der Waals surface area (Å²) in [6.07, 6.45) is 1.71. The van der Waals surface area contributed by atoms with Gasteiger partial charge in [0.15, 0.2) is 4.80 Å². The highest BCUT2D eigenvalue weighted by molar-refractivity contribution is 7.07. The van der Waals surface area contributed by atoms with Gasteiger partial charge in [-0.25, -0.2) is 9.79 Å². The topological polar surface area (TPSA) is 96.2 Å². The number of allylic oxidation sites excluding steroid dienone is 1. The number of carbonyl (C=O) groups excluding carboxylic acids is 2. The summed E-state index contributed by atoms with van der Waals surface area (Å²) in [5.41, 5.74) is 1.89. The van der Waals surface area contributed by atoms with Crippen LogP contribution in [0.15, 0.2) is 69.6 Å². The molecule has 1 atom stereocenters. The number of benzene rings is 2. The van der Waals surface area contributed by atoms with E-state index in [1.54, 1.807) is 56.5 Å². The highest BCUT2D eigenvalue weighted by Crippen LogP contribution is 2.31. The van der Waals surface area contributed by atoms with Crippen LogP contribution in [0.1, 0.15) is 31.0 Å². The van der Waals surface area contributed by atoms with E-state index in [0.29, 0.717) is 37.7 Å². The third-order valence-corrected chi connectivity index (χ3v) is 6.26. The van der Waals surface area contributed by atoms with Gasteiger partial charge in [0, 0.05) is 6.92 Å². The molecule has 0 saturated heterocycles. The molecular weight excluding hydrogens is 456 g/mol. The second kappa shape index (κ2) is 9.48. The predicted molar refractivity (Wildman–Crippen MR) is 127 cm³/mol. The summed E-state index contributed by atoms with van der Waals surface area (Å²) in [5.74, 6) is 0.0605. The number of aromatic nitrogens is 1. The van der Waals surface area contributed by atoms with Crippen molar-refractivity contribution in [2.45, 2.75) is 19.9 Å². The van der Waals surface area contributed by atoms with Crippen LogP contribution >= 0.6 is 11.3 Å². The van der Waals surface area contributed by atoms with Crippen molar-refractivity contribution in [2.24, 2.45) is 4.99 Å². The minimum atomic E-state index is -0.705. The number of ether oxygens (including phenoxy) is 3. The molecule has 8 nitrogen and oxygen atoms in total. The van der Waals surface area contributed by atoms with E-state index in [9.17, 15) is 14.4 Å². The number of hydrogen-bond acceptors (Lipinski definition) is 8. The summed E-state index contributed by atoms with van der Waals surface area (Å²) in [7, 11) is 2.87. The van der Waals surface area contributed by atoms with Gasteiger partial charge in [0.1, 0.15) is 11.5 Å². The quantitative estimate of drug-likeness (QED) is 0.413. The van der Waals surface area contributed by atoms with E-state index in [4.69, 9.17) is 14.2 Å². The van der Waals surface area contributed by atoms with Crippen molar-refractivity contribution in [3.63, 3.8) is 0 Å². The lowest BCUT2D eigenvalue weighted by atomic mass is 9.96. The molecule has 1 aromatic heterocycles. The van der Waals surface area contributed by atoms with Crippen molar-refractivity contribution in [3.8, 4) is 11.5 Å². The van der Waals surface area contributed by atoms with E-state index in [0.717, 1.165) is 5.56 Å². The number of fused-ring (bicyclic) bond motifs is 1. The lowest BCUT2D eigenvalue weighted by Crippen LogP contribution is -2.39. The molecule has 2 aromatic carbocycles. The first-order valence-electron chi connectivity index (χ1n) is 10.4. The standard InChI is InChI=1S/C25H22N2O6S/c1-14-21(24(30)32-4)22(17-8-10-18(31-3)11-9-17)27-23(29)20(34-25(27)26-14)13-16-6-5-7-19(12-16)33-15(2)28/h5-13,22H,1-4H3/b20-13-/t22-/m0/s1. The molecule has 1 aliphatic heterocycles. The van der Waals surface area contributed by atoms with Crippen molar-refractivity contribution < 1.29 is 23.8 Å². The molecule has 3 aromatic rings. The zero-order chi connectivity index (χ0) is 24.4. The Morgan fingerprint density at radius 1 is 1.09 bits per heavy atom. The van der Waals surface area contributed by atoms with Crippen LogP contribution in [-0.4, -0.2) is 30.7 Å². The van der Waals surface area contributed by atoms with Crippen molar-refractivity contribution in [1.29, 1.82) is 0 Å². The Hall–Kier alpha value is -3.98. The molecule has 0 aliphatic carbocycles. The summed E-state index contributed by atoms with van der Waals surface area (Å²) in [6.45, 7) is 3.05. The number of hydrogen-bond donors (Lipinski definition) is 0. The molecule has 0 radical (unpaired) electrons. The normalized spacial score (nSPS) is 15.4.